The number of pyridine rings is 1. The molecule has 1 fully saturated rings. The summed E-state index contributed by atoms with van der Waals surface area (Å²) in [7, 11) is 1.88. The second kappa shape index (κ2) is 8.40. The molecule has 3 aromatic heterocycles. The fourth-order valence-corrected chi connectivity index (χ4v) is 4.05. The van der Waals surface area contributed by atoms with Crippen molar-refractivity contribution in [1.29, 1.82) is 0 Å². The minimum absolute atomic E-state index is 0.404. The van der Waals surface area contributed by atoms with E-state index in [9.17, 15) is 0 Å². The molecular formula is C19H22BrN7S. The Hall–Kier alpha value is -2.26. The topological polar surface area (TPSA) is 70.4 Å². The van der Waals surface area contributed by atoms with Crippen molar-refractivity contribution in [2.75, 3.05) is 25.5 Å². The number of nitrogens with zero attached hydrogens (tertiary/aromatic N) is 5. The highest BCUT2D eigenvalue weighted by atomic mass is 79.9. The first-order chi connectivity index (χ1) is 13.7. The Morgan fingerprint density at radius 2 is 2.14 bits per heavy atom. The molecule has 0 saturated carbocycles. The van der Waals surface area contributed by atoms with E-state index in [1.165, 1.54) is 0 Å². The van der Waals surface area contributed by atoms with Gasteiger partial charge in [-0.3, -0.25) is 4.98 Å². The molecule has 1 saturated heterocycles. The molecule has 2 N–H and O–H groups in total. The molecule has 0 bridgehead atoms. The molecule has 1 aliphatic heterocycles. The molecule has 0 aliphatic carbocycles. The molecule has 0 spiro atoms. The molecule has 1 aliphatic rings. The van der Waals surface area contributed by atoms with Crippen molar-refractivity contribution in [1.82, 2.24) is 29.8 Å². The fraction of sp³-hybridized carbons (Fsp3) is 0.368. The number of fused-ring (bicyclic) bond motifs is 1. The highest BCUT2D eigenvalue weighted by Crippen LogP contribution is 2.30. The molecule has 0 radical (unpaired) electrons. The van der Waals surface area contributed by atoms with Gasteiger partial charge in [0.1, 0.15) is 5.82 Å². The Balaban J connectivity index is 1.57. The number of likely N-dealkylation sites (tertiary alicyclic amines) is 1. The lowest BCUT2D eigenvalue weighted by Crippen LogP contribution is -2.42. The van der Waals surface area contributed by atoms with Gasteiger partial charge >= 0.3 is 0 Å². The van der Waals surface area contributed by atoms with Gasteiger partial charge in [-0.25, -0.2) is 4.98 Å². The summed E-state index contributed by atoms with van der Waals surface area (Å²) in [6.07, 6.45) is 7.49. The van der Waals surface area contributed by atoms with Gasteiger partial charge in [-0.15, -0.1) is 0 Å². The van der Waals surface area contributed by atoms with E-state index in [-0.39, 0.29) is 0 Å². The number of hydrogen-bond donors (Lipinski definition) is 2. The van der Waals surface area contributed by atoms with Crippen LogP contribution in [0.4, 0.5) is 5.82 Å². The number of rotatable bonds is 4. The Bertz CT molecular complexity index is 967. The summed E-state index contributed by atoms with van der Waals surface area (Å²) < 4.78 is 2.74. The third-order valence-electron chi connectivity index (χ3n) is 5.06. The number of hydrogen-bond acceptors (Lipinski definition) is 5. The maximum absolute atomic E-state index is 5.37. The van der Waals surface area contributed by atoms with Crippen LogP contribution in [0.2, 0.25) is 0 Å². The number of nitrogens with one attached hydrogen (secondary N) is 2. The molecule has 3 aromatic rings. The van der Waals surface area contributed by atoms with Gasteiger partial charge in [0, 0.05) is 56.8 Å². The minimum atomic E-state index is 0.404. The van der Waals surface area contributed by atoms with E-state index in [4.69, 9.17) is 17.2 Å². The maximum atomic E-state index is 5.37. The molecule has 4 rings (SSSR count). The van der Waals surface area contributed by atoms with E-state index >= 15 is 0 Å². The lowest BCUT2D eigenvalue weighted by molar-refractivity contribution is 0.308. The second-order valence-electron chi connectivity index (χ2n) is 6.83. The Morgan fingerprint density at radius 3 is 2.86 bits per heavy atom. The van der Waals surface area contributed by atoms with Gasteiger partial charge in [-0.05, 0) is 52.6 Å². The molecule has 146 valence electrons. The van der Waals surface area contributed by atoms with Crippen molar-refractivity contribution in [3.8, 4) is 0 Å². The number of halogens is 1. The lowest BCUT2D eigenvalue weighted by atomic mass is 9.93. The standard InChI is InChI=1S/C19H22BrN7S/c1-21-19(28)26-7-4-14(5-8-26)16-9-17(23-11-13-3-2-6-22-10-13)27-18(25-16)15(20)12-24-27/h2-3,6,9-10,12,14,23H,4-5,7-8,11H2,1H3,(H,21,28). The zero-order valence-corrected chi connectivity index (χ0v) is 18.0. The van der Waals surface area contributed by atoms with Gasteiger partial charge in [0.2, 0.25) is 0 Å². The van der Waals surface area contributed by atoms with Crippen LogP contribution in [0.3, 0.4) is 0 Å². The van der Waals surface area contributed by atoms with Crippen molar-refractivity contribution in [2.45, 2.75) is 25.3 Å². The van der Waals surface area contributed by atoms with E-state index < -0.39 is 0 Å². The summed E-state index contributed by atoms with van der Waals surface area (Å²) in [5, 5.41) is 11.8. The van der Waals surface area contributed by atoms with Crippen molar-refractivity contribution in [2.24, 2.45) is 0 Å². The number of piperidine rings is 1. The summed E-state index contributed by atoms with van der Waals surface area (Å²) in [5.41, 5.74) is 3.05. The number of anilines is 1. The van der Waals surface area contributed by atoms with Crippen LogP contribution in [-0.4, -0.2) is 49.7 Å². The van der Waals surface area contributed by atoms with E-state index in [1.807, 2.05) is 23.8 Å². The molecule has 9 heteroatoms. The summed E-state index contributed by atoms with van der Waals surface area (Å²) in [5.74, 6) is 1.34. The van der Waals surface area contributed by atoms with E-state index in [2.05, 4.69) is 53.7 Å². The number of thiocarbonyl (C=S) groups is 1. The van der Waals surface area contributed by atoms with E-state index in [0.29, 0.717) is 12.5 Å². The van der Waals surface area contributed by atoms with Crippen LogP contribution in [0.15, 0.2) is 41.3 Å². The molecule has 0 unspecified atom stereocenters. The first kappa shape index (κ1) is 19.1. The minimum Gasteiger partial charge on any atom is -0.366 e. The molecule has 7 nitrogen and oxygen atoms in total. The molecule has 0 atom stereocenters. The average molecular weight is 460 g/mol. The first-order valence-corrected chi connectivity index (χ1v) is 10.5. The average Bonchev–Trinajstić information content (AvgIpc) is 3.13. The Kier molecular flexibility index (Phi) is 5.72. The van der Waals surface area contributed by atoms with Gasteiger partial charge in [0.25, 0.3) is 0 Å². The lowest BCUT2D eigenvalue weighted by Gasteiger charge is -2.33. The van der Waals surface area contributed by atoms with Crippen LogP contribution < -0.4 is 10.6 Å². The summed E-state index contributed by atoms with van der Waals surface area (Å²) in [4.78, 5) is 11.3. The normalized spacial score (nSPS) is 15.0. The van der Waals surface area contributed by atoms with Crippen molar-refractivity contribution in [3.63, 3.8) is 0 Å². The van der Waals surface area contributed by atoms with Gasteiger partial charge < -0.3 is 15.5 Å². The monoisotopic (exact) mass is 459 g/mol. The van der Waals surface area contributed by atoms with Crippen LogP contribution in [0.5, 0.6) is 0 Å². The maximum Gasteiger partial charge on any atom is 0.171 e. The highest BCUT2D eigenvalue weighted by molar-refractivity contribution is 9.10. The largest absolute Gasteiger partial charge is 0.366 e. The van der Waals surface area contributed by atoms with Crippen LogP contribution in [-0.2, 0) is 6.54 Å². The highest BCUT2D eigenvalue weighted by Gasteiger charge is 2.24. The van der Waals surface area contributed by atoms with Crippen LogP contribution in [0.25, 0.3) is 5.65 Å². The fourth-order valence-electron chi connectivity index (χ4n) is 3.52. The van der Waals surface area contributed by atoms with Crippen molar-refractivity contribution in [3.05, 3.63) is 52.5 Å². The Morgan fingerprint density at radius 1 is 1.32 bits per heavy atom. The third kappa shape index (κ3) is 3.95. The quantitative estimate of drug-likeness (QED) is 0.580. The van der Waals surface area contributed by atoms with E-state index in [1.54, 1.807) is 12.4 Å². The predicted octanol–water partition coefficient (Wildman–Crippen LogP) is 3.18. The smallest absolute Gasteiger partial charge is 0.171 e. The second-order valence-corrected chi connectivity index (χ2v) is 8.07. The SMILES string of the molecule is CNC(=S)N1CCC(c2cc(NCc3cccnc3)n3ncc(Br)c3n2)CC1. The number of aromatic nitrogens is 4. The molecule has 0 amide bonds. The zero-order chi connectivity index (χ0) is 19.5. The summed E-state index contributed by atoms with van der Waals surface area (Å²) >= 11 is 8.94. The third-order valence-corrected chi connectivity index (χ3v) is 6.08. The van der Waals surface area contributed by atoms with E-state index in [0.717, 1.165) is 58.2 Å². The van der Waals surface area contributed by atoms with Crippen molar-refractivity contribution >= 4 is 44.7 Å². The molecule has 0 aromatic carbocycles. The van der Waals surface area contributed by atoms with Gasteiger partial charge in [-0.1, -0.05) is 6.07 Å². The Labute approximate surface area is 177 Å². The van der Waals surface area contributed by atoms with Crippen LogP contribution in [0.1, 0.15) is 30.0 Å². The van der Waals surface area contributed by atoms with Crippen molar-refractivity contribution < 1.29 is 0 Å². The molecular weight excluding hydrogens is 438 g/mol. The van der Waals surface area contributed by atoms with Gasteiger partial charge in [0.15, 0.2) is 10.8 Å². The predicted molar refractivity (Wildman–Crippen MR) is 117 cm³/mol. The van der Waals surface area contributed by atoms with Gasteiger partial charge in [-0.2, -0.15) is 9.61 Å². The molecule has 4 heterocycles. The molecule has 28 heavy (non-hydrogen) atoms. The van der Waals surface area contributed by atoms with Crippen LogP contribution in [0, 0.1) is 0 Å². The summed E-state index contributed by atoms with van der Waals surface area (Å²) in [6.45, 7) is 2.56. The summed E-state index contributed by atoms with van der Waals surface area (Å²) in [6, 6.07) is 6.12. The first-order valence-electron chi connectivity index (χ1n) is 9.29. The van der Waals surface area contributed by atoms with Gasteiger partial charge in [0.05, 0.1) is 10.7 Å². The van der Waals surface area contributed by atoms with Crippen LogP contribution >= 0.6 is 28.1 Å². The zero-order valence-electron chi connectivity index (χ0n) is 15.6.